The Bertz CT molecular complexity index is 882. The molecule has 0 saturated carbocycles. The Morgan fingerprint density at radius 3 is 2.62 bits per heavy atom. The number of hydrogen-bond acceptors (Lipinski definition) is 5. The molecule has 2 aliphatic heterocycles. The fourth-order valence-electron chi connectivity index (χ4n) is 3.70. The van der Waals surface area contributed by atoms with Crippen LogP contribution in [0.2, 0.25) is 0 Å². The van der Waals surface area contributed by atoms with Crippen LogP contribution >= 0.6 is 0 Å². The highest BCUT2D eigenvalue weighted by atomic mass is 32.2. The molecule has 26 heavy (non-hydrogen) atoms. The molecule has 1 saturated heterocycles. The topological polar surface area (TPSA) is 66.8 Å². The van der Waals surface area contributed by atoms with Gasteiger partial charge in [0.2, 0.25) is 9.84 Å². The quantitative estimate of drug-likeness (QED) is 0.891. The van der Waals surface area contributed by atoms with Crippen LogP contribution in [-0.4, -0.2) is 50.3 Å². The van der Waals surface area contributed by atoms with Gasteiger partial charge in [0.15, 0.2) is 0 Å². The van der Waals surface area contributed by atoms with Gasteiger partial charge in [0.1, 0.15) is 11.9 Å². The van der Waals surface area contributed by atoms with Crippen LogP contribution in [0, 0.1) is 0 Å². The largest absolute Gasteiger partial charge is 0.489 e. The molecule has 0 unspecified atom stereocenters. The minimum Gasteiger partial charge on any atom is -0.489 e. The summed E-state index contributed by atoms with van der Waals surface area (Å²) < 4.78 is 31.8. The highest BCUT2D eigenvalue weighted by Gasteiger charge is 2.28. The predicted octanol–water partition coefficient (Wildman–Crippen LogP) is 2.28. The molecular formula is C20H23NO4S. The van der Waals surface area contributed by atoms with Crippen molar-refractivity contribution in [1.82, 2.24) is 4.90 Å². The molecular weight excluding hydrogens is 350 g/mol. The lowest BCUT2D eigenvalue weighted by Gasteiger charge is -2.29. The van der Waals surface area contributed by atoms with Crippen LogP contribution in [-0.2, 0) is 16.3 Å². The first kappa shape index (κ1) is 17.5. The molecule has 1 fully saturated rings. The summed E-state index contributed by atoms with van der Waals surface area (Å²) in [6.07, 6.45) is 2.38. The molecule has 2 heterocycles. The average Bonchev–Trinajstić information content (AvgIpc) is 3.06. The molecule has 1 N–H and O–H groups in total. The zero-order valence-electron chi connectivity index (χ0n) is 14.5. The molecule has 2 aliphatic rings. The molecule has 2 aromatic rings. The van der Waals surface area contributed by atoms with Gasteiger partial charge in [0, 0.05) is 19.6 Å². The minimum absolute atomic E-state index is 0.0301. The first-order chi connectivity index (χ1) is 12.5. The van der Waals surface area contributed by atoms with Gasteiger partial charge in [-0.25, -0.2) is 8.42 Å². The Labute approximate surface area is 154 Å². The van der Waals surface area contributed by atoms with Gasteiger partial charge in [-0.1, -0.05) is 24.3 Å². The van der Waals surface area contributed by atoms with Gasteiger partial charge in [-0.05, 0) is 49.1 Å². The highest BCUT2D eigenvalue weighted by molar-refractivity contribution is 7.91. The number of aryl methyl sites for hydroxylation is 1. The van der Waals surface area contributed by atoms with Crippen LogP contribution in [0.5, 0.6) is 5.75 Å². The smallest absolute Gasteiger partial charge is 0.206 e. The number of hydrogen-bond donors (Lipinski definition) is 1. The maximum atomic E-state index is 12.8. The van der Waals surface area contributed by atoms with Crippen LogP contribution in [0.3, 0.4) is 0 Å². The van der Waals surface area contributed by atoms with E-state index in [4.69, 9.17) is 4.74 Å². The standard InChI is InChI=1S/C20H23NO4S/c22-16-10-11-21(13-16)14-17-8-6-15-7-9-19(12-20(15)25-17)26(23,24)18-4-2-1-3-5-18/h1-5,7,9,12,16-17,22H,6,8,10-11,13-14H2/t16-,17-/m1/s1. The zero-order valence-corrected chi connectivity index (χ0v) is 15.4. The number of ether oxygens (including phenoxy) is 1. The maximum absolute atomic E-state index is 12.8. The Hall–Kier alpha value is -1.89. The number of nitrogens with zero attached hydrogens (tertiary/aromatic N) is 1. The second-order valence-corrected chi connectivity index (χ2v) is 9.02. The normalized spacial score (nSPS) is 23.4. The number of rotatable bonds is 4. The van der Waals surface area contributed by atoms with Crippen LogP contribution in [0.1, 0.15) is 18.4 Å². The van der Waals surface area contributed by atoms with E-state index in [1.807, 2.05) is 6.07 Å². The lowest BCUT2D eigenvalue weighted by Crippen LogP contribution is -2.36. The number of fused-ring (bicyclic) bond motifs is 1. The molecule has 4 rings (SSSR count). The number of likely N-dealkylation sites (tertiary alicyclic amines) is 1. The second kappa shape index (κ2) is 7.02. The van der Waals surface area contributed by atoms with Crippen molar-refractivity contribution in [3.8, 4) is 5.75 Å². The Balaban J connectivity index is 1.54. The number of aliphatic hydroxyl groups is 1. The first-order valence-corrected chi connectivity index (χ1v) is 10.5. The molecule has 0 radical (unpaired) electrons. The van der Waals surface area contributed by atoms with Crippen molar-refractivity contribution in [2.24, 2.45) is 0 Å². The van der Waals surface area contributed by atoms with E-state index in [1.54, 1.807) is 42.5 Å². The fourth-order valence-corrected chi connectivity index (χ4v) is 5.00. The van der Waals surface area contributed by atoms with E-state index in [-0.39, 0.29) is 17.1 Å². The minimum atomic E-state index is -3.54. The van der Waals surface area contributed by atoms with Crippen molar-refractivity contribution >= 4 is 9.84 Å². The first-order valence-electron chi connectivity index (χ1n) is 9.02. The Morgan fingerprint density at radius 1 is 1.08 bits per heavy atom. The molecule has 0 aromatic heterocycles. The molecule has 0 bridgehead atoms. The summed E-state index contributed by atoms with van der Waals surface area (Å²) >= 11 is 0. The van der Waals surface area contributed by atoms with Crippen molar-refractivity contribution in [2.45, 2.75) is 41.3 Å². The van der Waals surface area contributed by atoms with Gasteiger partial charge >= 0.3 is 0 Å². The number of benzene rings is 2. The van der Waals surface area contributed by atoms with Crippen LogP contribution in [0.25, 0.3) is 0 Å². The monoisotopic (exact) mass is 373 g/mol. The third-order valence-corrected chi connectivity index (χ3v) is 6.91. The third-order valence-electron chi connectivity index (χ3n) is 5.14. The lowest BCUT2D eigenvalue weighted by atomic mass is 10.0. The van der Waals surface area contributed by atoms with Crippen LogP contribution in [0.15, 0.2) is 58.3 Å². The van der Waals surface area contributed by atoms with Gasteiger partial charge in [-0.2, -0.15) is 0 Å². The van der Waals surface area contributed by atoms with Crippen molar-refractivity contribution in [3.63, 3.8) is 0 Å². The van der Waals surface area contributed by atoms with E-state index >= 15 is 0 Å². The van der Waals surface area contributed by atoms with Crippen molar-refractivity contribution < 1.29 is 18.3 Å². The number of aliphatic hydroxyl groups excluding tert-OH is 1. The van der Waals surface area contributed by atoms with Crippen molar-refractivity contribution in [3.05, 3.63) is 54.1 Å². The third kappa shape index (κ3) is 3.49. The van der Waals surface area contributed by atoms with Crippen LogP contribution in [0.4, 0.5) is 0 Å². The Kier molecular flexibility index (Phi) is 4.73. The fraction of sp³-hybridized carbons (Fsp3) is 0.400. The molecule has 0 amide bonds. The molecule has 5 nitrogen and oxygen atoms in total. The van der Waals surface area contributed by atoms with Crippen molar-refractivity contribution in [1.29, 1.82) is 0 Å². The van der Waals surface area contributed by atoms with E-state index in [1.165, 1.54) is 0 Å². The molecule has 2 aromatic carbocycles. The van der Waals surface area contributed by atoms with Gasteiger partial charge < -0.3 is 9.84 Å². The van der Waals surface area contributed by atoms with E-state index < -0.39 is 9.84 Å². The summed E-state index contributed by atoms with van der Waals surface area (Å²) in [5, 5.41) is 9.67. The number of β-amino-alcohol motifs (C(OH)–C–C–N with tert-alkyl or cyclic N) is 1. The van der Waals surface area contributed by atoms with Gasteiger partial charge in [0.25, 0.3) is 0 Å². The van der Waals surface area contributed by atoms with E-state index in [9.17, 15) is 13.5 Å². The summed E-state index contributed by atoms with van der Waals surface area (Å²) in [6.45, 7) is 2.34. The summed E-state index contributed by atoms with van der Waals surface area (Å²) in [7, 11) is -3.54. The zero-order chi connectivity index (χ0) is 18.1. The maximum Gasteiger partial charge on any atom is 0.206 e. The summed E-state index contributed by atoms with van der Waals surface area (Å²) in [4.78, 5) is 2.77. The molecule has 0 aliphatic carbocycles. The molecule has 2 atom stereocenters. The van der Waals surface area contributed by atoms with Crippen molar-refractivity contribution in [2.75, 3.05) is 19.6 Å². The van der Waals surface area contributed by atoms with E-state index in [2.05, 4.69) is 4.90 Å². The highest BCUT2D eigenvalue weighted by Crippen LogP contribution is 2.32. The van der Waals surface area contributed by atoms with Gasteiger partial charge in [-0.3, -0.25) is 4.90 Å². The summed E-state index contributed by atoms with van der Waals surface area (Å²) in [6, 6.07) is 13.7. The summed E-state index contributed by atoms with van der Waals surface area (Å²) in [5.74, 6) is 0.665. The Morgan fingerprint density at radius 2 is 1.88 bits per heavy atom. The second-order valence-electron chi connectivity index (χ2n) is 7.07. The lowest BCUT2D eigenvalue weighted by molar-refractivity contribution is 0.114. The SMILES string of the molecule is O=S(=O)(c1ccccc1)c1ccc2c(c1)O[C@@H](CN1CC[C@@H](O)C1)CC2. The van der Waals surface area contributed by atoms with Gasteiger partial charge in [-0.15, -0.1) is 0 Å². The van der Waals surface area contributed by atoms with E-state index in [0.717, 1.165) is 37.9 Å². The number of sulfone groups is 1. The molecule has 6 heteroatoms. The van der Waals surface area contributed by atoms with Crippen LogP contribution < -0.4 is 4.74 Å². The van der Waals surface area contributed by atoms with E-state index in [0.29, 0.717) is 17.2 Å². The summed E-state index contributed by atoms with van der Waals surface area (Å²) in [5.41, 5.74) is 1.05. The average molecular weight is 373 g/mol. The van der Waals surface area contributed by atoms with Gasteiger partial charge in [0.05, 0.1) is 15.9 Å². The predicted molar refractivity (Wildman–Crippen MR) is 98.1 cm³/mol. The molecule has 138 valence electrons. The molecule has 0 spiro atoms.